The summed E-state index contributed by atoms with van der Waals surface area (Å²) in [6.07, 6.45) is 3.95. The number of furan rings is 1. The number of carbonyl (C=O) groups excluding carboxylic acids is 1. The van der Waals surface area contributed by atoms with Crippen molar-refractivity contribution >= 4 is 22.8 Å². The number of para-hydroxylation sites is 1. The molecule has 3 aromatic rings. The molecular weight excluding hydrogens is 378 g/mol. The summed E-state index contributed by atoms with van der Waals surface area (Å²) in [7, 11) is 0. The molecule has 2 aliphatic rings. The number of quaternary nitrogens is 1. The lowest BCUT2D eigenvalue weighted by molar-refractivity contribution is -0.919. The number of rotatable bonds is 3. The summed E-state index contributed by atoms with van der Waals surface area (Å²) in [5, 5.41) is 13.8. The highest BCUT2D eigenvalue weighted by Gasteiger charge is 2.33. The highest BCUT2D eigenvalue weighted by Crippen LogP contribution is 2.40. The summed E-state index contributed by atoms with van der Waals surface area (Å²) in [5.41, 5.74) is 2.55. The number of aryl methyl sites for hydroxylation is 1. The molecule has 3 heterocycles. The molecule has 2 aliphatic heterocycles. The van der Waals surface area contributed by atoms with E-state index in [1.54, 1.807) is 19.1 Å². The minimum absolute atomic E-state index is 0.0461. The highest BCUT2D eigenvalue weighted by molar-refractivity contribution is 6.15. The van der Waals surface area contributed by atoms with Crippen molar-refractivity contribution in [1.29, 1.82) is 0 Å². The summed E-state index contributed by atoms with van der Waals surface area (Å²) in [5.74, 6) is 1.71. The number of hydrogen-bond donors (Lipinski definition) is 1. The van der Waals surface area contributed by atoms with Crippen LogP contribution in [0, 0.1) is 12.8 Å². The number of carbonyl (C=O) groups is 1. The number of piperidine rings is 1. The third-order valence-corrected chi connectivity index (χ3v) is 6.33. The van der Waals surface area contributed by atoms with Gasteiger partial charge in [-0.1, -0.05) is 36.9 Å². The summed E-state index contributed by atoms with van der Waals surface area (Å²) < 4.78 is 11.8. The monoisotopic (exact) mass is 403 g/mol. The Balaban J connectivity index is 1.49. The van der Waals surface area contributed by atoms with Crippen molar-refractivity contribution in [3.63, 3.8) is 0 Å². The smallest absolute Gasteiger partial charge is 0.232 e. The van der Waals surface area contributed by atoms with Crippen molar-refractivity contribution in [2.45, 2.75) is 33.2 Å². The number of hydrogen-bond acceptors (Lipinski definition) is 4. The first kappa shape index (κ1) is 18.9. The van der Waals surface area contributed by atoms with Crippen LogP contribution in [-0.4, -0.2) is 18.9 Å². The molecule has 1 fully saturated rings. The van der Waals surface area contributed by atoms with Crippen molar-refractivity contribution < 1.29 is 24.0 Å². The van der Waals surface area contributed by atoms with Crippen LogP contribution in [0.2, 0.25) is 0 Å². The number of Topliss-reactive ketones (excluding diaryl/α,β-unsaturated/α-hetero) is 1. The second kappa shape index (κ2) is 7.33. The Morgan fingerprint density at radius 2 is 1.97 bits per heavy atom. The van der Waals surface area contributed by atoms with E-state index in [-0.39, 0.29) is 17.3 Å². The van der Waals surface area contributed by atoms with E-state index in [2.05, 4.69) is 6.92 Å². The normalized spacial score (nSPS) is 22.5. The molecule has 0 unspecified atom stereocenters. The van der Waals surface area contributed by atoms with Crippen LogP contribution in [0.25, 0.3) is 17.0 Å². The van der Waals surface area contributed by atoms with Crippen molar-refractivity contribution in [3.8, 4) is 11.5 Å². The minimum Gasteiger partial charge on any atom is -0.872 e. The summed E-state index contributed by atoms with van der Waals surface area (Å²) >= 11 is 0. The average Bonchev–Trinajstić information content (AvgIpc) is 3.27. The van der Waals surface area contributed by atoms with E-state index in [9.17, 15) is 9.90 Å². The van der Waals surface area contributed by atoms with Crippen LogP contribution in [0.5, 0.6) is 11.5 Å². The molecule has 0 atom stereocenters. The maximum absolute atomic E-state index is 13.1. The van der Waals surface area contributed by atoms with E-state index in [0.717, 1.165) is 42.8 Å². The second-order valence-electron chi connectivity index (χ2n) is 8.61. The number of nitrogens with one attached hydrogen (secondary N) is 1. The third kappa shape index (κ3) is 3.29. The van der Waals surface area contributed by atoms with Gasteiger partial charge in [0.1, 0.15) is 23.6 Å². The molecule has 2 aromatic carbocycles. The Hall–Kier alpha value is -3.05. The lowest BCUT2D eigenvalue weighted by Gasteiger charge is -2.29. The predicted molar refractivity (Wildman–Crippen MR) is 113 cm³/mol. The number of ketones is 1. The number of fused-ring (bicyclic) bond motifs is 2. The first-order valence-corrected chi connectivity index (χ1v) is 10.6. The third-order valence-electron chi connectivity index (χ3n) is 6.33. The zero-order chi connectivity index (χ0) is 20.8. The van der Waals surface area contributed by atoms with Gasteiger partial charge >= 0.3 is 0 Å². The number of benzene rings is 2. The Kier molecular flexibility index (Phi) is 4.63. The van der Waals surface area contributed by atoms with Gasteiger partial charge in [0.2, 0.25) is 5.78 Å². The summed E-state index contributed by atoms with van der Waals surface area (Å²) in [6, 6.07) is 11.2. The lowest BCUT2D eigenvalue weighted by Crippen LogP contribution is -3.11. The molecule has 0 radical (unpaired) electrons. The molecule has 154 valence electrons. The molecule has 1 aromatic heterocycles. The quantitative estimate of drug-likeness (QED) is 0.682. The van der Waals surface area contributed by atoms with Gasteiger partial charge in [0, 0.05) is 17.0 Å². The number of ether oxygens (including phenoxy) is 1. The molecule has 0 spiro atoms. The molecule has 30 heavy (non-hydrogen) atoms. The molecule has 1 N–H and O–H groups in total. The van der Waals surface area contributed by atoms with Crippen molar-refractivity contribution in [1.82, 2.24) is 0 Å². The predicted octanol–water partition coefficient (Wildman–Crippen LogP) is 3.25. The van der Waals surface area contributed by atoms with Crippen LogP contribution in [0.4, 0.5) is 0 Å². The van der Waals surface area contributed by atoms with Crippen LogP contribution < -0.4 is 14.7 Å². The van der Waals surface area contributed by atoms with Gasteiger partial charge in [0.25, 0.3) is 0 Å². The van der Waals surface area contributed by atoms with Gasteiger partial charge in [-0.3, -0.25) is 4.79 Å². The Labute approximate surface area is 175 Å². The van der Waals surface area contributed by atoms with Crippen molar-refractivity contribution in [2.24, 2.45) is 5.92 Å². The molecule has 0 saturated carbocycles. The molecule has 5 heteroatoms. The Morgan fingerprint density at radius 1 is 1.20 bits per heavy atom. The van der Waals surface area contributed by atoms with Gasteiger partial charge in [-0.05, 0) is 43.4 Å². The van der Waals surface area contributed by atoms with E-state index < -0.39 is 0 Å². The van der Waals surface area contributed by atoms with Gasteiger partial charge in [-0.15, -0.1) is 0 Å². The van der Waals surface area contributed by atoms with Gasteiger partial charge in [0.15, 0.2) is 5.76 Å². The fourth-order valence-corrected chi connectivity index (χ4v) is 4.53. The second-order valence-corrected chi connectivity index (χ2v) is 8.61. The van der Waals surface area contributed by atoms with E-state index >= 15 is 0 Å². The zero-order valence-corrected chi connectivity index (χ0v) is 17.3. The van der Waals surface area contributed by atoms with Crippen LogP contribution >= 0.6 is 0 Å². The van der Waals surface area contributed by atoms with Gasteiger partial charge in [-0.2, -0.15) is 0 Å². The minimum atomic E-state index is -0.188. The van der Waals surface area contributed by atoms with Gasteiger partial charge < -0.3 is 19.2 Å². The van der Waals surface area contributed by atoms with E-state index in [1.807, 2.05) is 30.3 Å². The molecule has 1 saturated heterocycles. The van der Waals surface area contributed by atoms with Crippen LogP contribution in [0.3, 0.4) is 0 Å². The summed E-state index contributed by atoms with van der Waals surface area (Å²) in [4.78, 5) is 14.5. The van der Waals surface area contributed by atoms with Gasteiger partial charge in [0.05, 0.1) is 18.7 Å². The maximum atomic E-state index is 13.1. The first-order valence-electron chi connectivity index (χ1n) is 10.6. The topological polar surface area (TPSA) is 66.9 Å². The number of allylic oxidation sites excluding steroid dienone is 1. The van der Waals surface area contributed by atoms with E-state index in [4.69, 9.17) is 9.15 Å². The highest BCUT2D eigenvalue weighted by atomic mass is 16.5. The fourth-order valence-electron chi connectivity index (χ4n) is 4.53. The van der Waals surface area contributed by atoms with Crippen LogP contribution in [0.1, 0.15) is 47.0 Å². The maximum Gasteiger partial charge on any atom is 0.232 e. The van der Waals surface area contributed by atoms with E-state index in [0.29, 0.717) is 34.7 Å². The first-order chi connectivity index (χ1) is 14.5. The zero-order valence-electron chi connectivity index (χ0n) is 17.3. The fraction of sp³-hybridized carbons (Fsp3) is 0.320. The molecule has 0 amide bonds. The molecule has 5 rings (SSSR count). The van der Waals surface area contributed by atoms with Crippen LogP contribution in [0.15, 0.2) is 46.6 Å². The van der Waals surface area contributed by atoms with Gasteiger partial charge in [-0.25, -0.2) is 0 Å². The lowest BCUT2D eigenvalue weighted by atomic mass is 9.96. The van der Waals surface area contributed by atoms with E-state index in [1.165, 1.54) is 4.90 Å². The van der Waals surface area contributed by atoms with Crippen molar-refractivity contribution in [2.75, 3.05) is 13.1 Å². The van der Waals surface area contributed by atoms with Crippen molar-refractivity contribution in [3.05, 3.63) is 64.6 Å². The van der Waals surface area contributed by atoms with Crippen LogP contribution in [-0.2, 0) is 6.54 Å². The SMILES string of the molecule is Cc1cc([O-])c(C[NH+]2CCC(C)CC2)c2c1C(=O)C(=Cc1cc3ccccc3o1)O2. The standard InChI is InChI=1S/C25H25NO4/c1-15-7-9-26(10-8-15)14-19-20(27)11-16(2)23-24(28)22(30-25(19)23)13-18-12-17-5-3-4-6-21(17)29-18/h3-6,11-13,15,27H,7-10,14H2,1-2H3. The molecule has 0 aliphatic carbocycles. The summed E-state index contributed by atoms with van der Waals surface area (Å²) in [6.45, 7) is 6.75. The molecule has 5 nitrogen and oxygen atoms in total. The Bertz CT molecular complexity index is 1130. The average molecular weight is 403 g/mol. The Morgan fingerprint density at radius 3 is 2.73 bits per heavy atom. The molecule has 0 bridgehead atoms. The molecular formula is C25H25NO4. The largest absolute Gasteiger partial charge is 0.872 e. The number of likely N-dealkylation sites (tertiary alicyclic amines) is 1.